The molecule has 0 aromatic carbocycles. The molecule has 0 saturated carbocycles. The molecule has 0 aliphatic carbocycles. The average molecular weight is 269 g/mol. The molecule has 0 bridgehead atoms. The summed E-state index contributed by atoms with van der Waals surface area (Å²) >= 11 is 0. The first kappa shape index (κ1) is 15.2. The molecular weight excluding hydrogens is 238 g/mol. The molecule has 2 fully saturated rings. The Morgan fingerprint density at radius 2 is 1.79 bits per heavy atom. The fraction of sp³-hybridized carbons (Fsp3) is 1.00. The third kappa shape index (κ3) is 5.78. The minimum Gasteiger partial charge on any atom is -0.379 e. The Morgan fingerprint density at radius 1 is 1.00 bits per heavy atom. The topological polar surface area (TPSA) is 27.7 Å². The minimum atomic E-state index is 0.739. The van der Waals surface area contributed by atoms with Crippen molar-refractivity contribution in [1.29, 1.82) is 0 Å². The van der Waals surface area contributed by atoms with Gasteiger partial charge in [0.05, 0.1) is 13.2 Å². The highest BCUT2D eigenvalue weighted by atomic mass is 16.5. The van der Waals surface area contributed by atoms with Crippen molar-refractivity contribution < 1.29 is 4.74 Å². The van der Waals surface area contributed by atoms with E-state index < -0.39 is 0 Å². The molecule has 4 heteroatoms. The quantitative estimate of drug-likeness (QED) is 0.783. The highest BCUT2D eigenvalue weighted by molar-refractivity contribution is 4.75. The molecule has 2 heterocycles. The monoisotopic (exact) mass is 269 g/mol. The molecule has 2 aliphatic heterocycles. The summed E-state index contributed by atoms with van der Waals surface area (Å²) in [6, 6.07) is 0.739. The number of hydrogen-bond donors (Lipinski definition) is 1. The molecule has 0 aromatic heterocycles. The molecule has 1 unspecified atom stereocenters. The van der Waals surface area contributed by atoms with Gasteiger partial charge in [0.2, 0.25) is 0 Å². The van der Waals surface area contributed by atoms with Crippen molar-refractivity contribution in [3.63, 3.8) is 0 Å². The van der Waals surface area contributed by atoms with Crippen LogP contribution < -0.4 is 5.32 Å². The molecule has 2 rings (SSSR count). The lowest BCUT2D eigenvalue weighted by Gasteiger charge is -2.27. The van der Waals surface area contributed by atoms with E-state index in [1.165, 1.54) is 51.9 Å². The van der Waals surface area contributed by atoms with Crippen LogP contribution in [-0.4, -0.2) is 74.9 Å². The second kappa shape index (κ2) is 8.90. The van der Waals surface area contributed by atoms with Crippen LogP contribution in [0.25, 0.3) is 0 Å². The molecule has 2 aliphatic rings. The molecule has 0 spiro atoms. The van der Waals surface area contributed by atoms with E-state index in [0.717, 1.165) is 38.9 Å². The third-order valence-corrected chi connectivity index (χ3v) is 4.33. The molecule has 112 valence electrons. The van der Waals surface area contributed by atoms with Gasteiger partial charge in [0.25, 0.3) is 0 Å². The van der Waals surface area contributed by atoms with Gasteiger partial charge in [0, 0.05) is 32.2 Å². The van der Waals surface area contributed by atoms with E-state index >= 15 is 0 Å². The Morgan fingerprint density at radius 3 is 2.58 bits per heavy atom. The summed E-state index contributed by atoms with van der Waals surface area (Å²) in [5.41, 5.74) is 0. The number of nitrogens with one attached hydrogen (secondary N) is 1. The van der Waals surface area contributed by atoms with Crippen molar-refractivity contribution in [2.24, 2.45) is 0 Å². The standard InChI is InChI=1S/C15H31N3O/c1-2-7-17-8-3-4-15(5-9-17)16-6-10-18-11-13-19-14-12-18/h15-16H,2-14H2,1H3. The Bertz CT molecular complexity index is 231. The van der Waals surface area contributed by atoms with Crippen LogP contribution >= 0.6 is 0 Å². The predicted octanol–water partition coefficient (Wildman–Crippen LogP) is 1.17. The Hall–Kier alpha value is -0.160. The van der Waals surface area contributed by atoms with Crippen molar-refractivity contribution in [2.75, 3.05) is 59.0 Å². The van der Waals surface area contributed by atoms with E-state index in [2.05, 4.69) is 22.0 Å². The maximum absolute atomic E-state index is 5.38. The summed E-state index contributed by atoms with van der Waals surface area (Å²) in [4.78, 5) is 5.14. The van der Waals surface area contributed by atoms with E-state index in [4.69, 9.17) is 4.74 Å². The number of ether oxygens (including phenoxy) is 1. The maximum Gasteiger partial charge on any atom is 0.0594 e. The summed E-state index contributed by atoms with van der Waals surface area (Å²) in [6.07, 6.45) is 5.32. The van der Waals surface area contributed by atoms with E-state index in [0.29, 0.717) is 0 Å². The van der Waals surface area contributed by atoms with Gasteiger partial charge in [-0.05, 0) is 45.3 Å². The van der Waals surface area contributed by atoms with Crippen LogP contribution in [0.1, 0.15) is 32.6 Å². The summed E-state index contributed by atoms with van der Waals surface area (Å²) in [7, 11) is 0. The van der Waals surface area contributed by atoms with E-state index in [9.17, 15) is 0 Å². The fourth-order valence-corrected chi connectivity index (χ4v) is 3.15. The number of hydrogen-bond acceptors (Lipinski definition) is 4. The second-order valence-electron chi connectivity index (χ2n) is 5.88. The number of nitrogens with zero attached hydrogens (tertiary/aromatic N) is 2. The van der Waals surface area contributed by atoms with Crippen LogP contribution in [0.5, 0.6) is 0 Å². The predicted molar refractivity (Wildman–Crippen MR) is 79.6 cm³/mol. The lowest BCUT2D eigenvalue weighted by Crippen LogP contribution is -2.42. The molecule has 0 radical (unpaired) electrons. The Balaban J connectivity index is 1.57. The van der Waals surface area contributed by atoms with Gasteiger partial charge in [-0.3, -0.25) is 4.90 Å². The SMILES string of the molecule is CCCN1CCCC(NCCN2CCOCC2)CC1. The maximum atomic E-state index is 5.38. The zero-order valence-electron chi connectivity index (χ0n) is 12.6. The Labute approximate surface area is 118 Å². The molecular formula is C15H31N3O. The minimum absolute atomic E-state index is 0.739. The van der Waals surface area contributed by atoms with Gasteiger partial charge in [0.15, 0.2) is 0 Å². The third-order valence-electron chi connectivity index (χ3n) is 4.33. The highest BCUT2D eigenvalue weighted by Crippen LogP contribution is 2.11. The van der Waals surface area contributed by atoms with Crippen molar-refractivity contribution in [3.05, 3.63) is 0 Å². The van der Waals surface area contributed by atoms with Gasteiger partial charge in [-0.15, -0.1) is 0 Å². The number of rotatable bonds is 6. The summed E-state index contributed by atoms with van der Waals surface area (Å²) in [5.74, 6) is 0. The first-order chi connectivity index (χ1) is 9.38. The fourth-order valence-electron chi connectivity index (χ4n) is 3.15. The summed E-state index contributed by atoms with van der Waals surface area (Å²) < 4.78 is 5.38. The smallest absolute Gasteiger partial charge is 0.0594 e. The van der Waals surface area contributed by atoms with Crippen LogP contribution in [0.2, 0.25) is 0 Å². The number of morpholine rings is 1. The lowest BCUT2D eigenvalue weighted by atomic mass is 10.1. The van der Waals surface area contributed by atoms with Crippen molar-refractivity contribution in [1.82, 2.24) is 15.1 Å². The largest absolute Gasteiger partial charge is 0.379 e. The summed E-state index contributed by atoms with van der Waals surface area (Å²) in [5, 5.41) is 3.76. The van der Waals surface area contributed by atoms with Gasteiger partial charge in [-0.2, -0.15) is 0 Å². The molecule has 4 nitrogen and oxygen atoms in total. The van der Waals surface area contributed by atoms with Crippen LogP contribution in [0.3, 0.4) is 0 Å². The van der Waals surface area contributed by atoms with Crippen LogP contribution in [0, 0.1) is 0 Å². The Kier molecular flexibility index (Phi) is 7.14. The van der Waals surface area contributed by atoms with Crippen molar-refractivity contribution in [2.45, 2.75) is 38.6 Å². The van der Waals surface area contributed by atoms with Crippen LogP contribution in [0.4, 0.5) is 0 Å². The molecule has 2 saturated heterocycles. The van der Waals surface area contributed by atoms with Gasteiger partial charge < -0.3 is 15.0 Å². The molecule has 19 heavy (non-hydrogen) atoms. The first-order valence-electron chi connectivity index (χ1n) is 8.14. The van der Waals surface area contributed by atoms with Crippen LogP contribution in [0.15, 0.2) is 0 Å². The number of likely N-dealkylation sites (tertiary alicyclic amines) is 1. The van der Waals surface area contributed by atoms with Crippen molar-refractivity contribution >= 4 is 0 Å². The first-order valence-corrected chi connectivity index (χ1v) is 8.14. The van der Waals surface area contributed by atoms with Gasteiger partial charge in [0.1, 0.15) is 0 Å². The summed E-state index contributed by atoms with van der Waals surface area (Å²) in [6.45, 7) is 12.5. The molecule has 1 N–H and O–H groups in total. The van der Waals surface area contributed by atoms with E-state index in [1.54, 1.807) is 0 Å². The van der Waals surface area contributed by atoms with Gasteiger partial charge in [-0.25, -0.2) is 0 Å². The average Bonchev–Trinajstić information content (AvgIpc) is 2.66. The molecule has 0 amide bonds. The van der Waals surface area contributed by atoms with Crippen LogP contribution in [-0.2, 0) is 4.74 Å². The molecule has 1 atom stereocenters. The highest BCUT2D eigenvalue weighted by Gasteiger charge is 2.16. The van der Waals surface area contributed by atoms with Gasteiger partial charge in [-0.1, -0.05) is 6.92 Å². The lowest BCUT2D eigenvalue weighted by molar-refractivity contribution is 0.0381. The van der Waals surface area contributed by atoms with Gasteiger partial charge >= 0.3 is 0 Å². The normalized spacial score (nSPS) is 27.3. The molecule has 0 aromatic rings. The van der Waals surface area contributed by atoms with E-state index in [-0.39, 0.29) is 0 Å². The van der Waals surface area contributed by atoms with E-state index in [1.807, 2.05) is 0 Å². The van der Waals surface area contributed by atoms with Crippen molar-refractivity contribution in [3.8, 4) is 0 Å². The zero-order chi connectivity index (χ0) is 13.3. The zero-order valence-corrected chi connectivity index (χ0v) is 12.6. The second-order valence-corrected chi connectivity index (χ2v) is 5.88.